The third-order valence-corrected chi connectivity index (χ3v) is 3.73. The lowest BCUT2D eigenvalue weighted by Gasteiger charge is -2.35. The van der Waals surface area contributed by atoms with Gasteiger partial charge in [0.1, 0.15) is 12.4 Å². The molecule has 5 heteroatoms. The third-order valence-electron chi connectivity index (χ3n) is 3.73. The zero-order chi connectivity index (χ0) is 14.5. The summed E-state index contributed by atoms with van der Waals surface area (Å²) in [6.07, 6.45) is 3.12. The summed E-state index contributed by atoms with van der Waals surface area (Å²) in [6, 6.07) is 5.49. The Morgan fingerprint density at radius 1 is 1.33 bits per heavy atom. The minimum absolute atomic E-state index is 0. The Morgan fingerprint density at radius 2 is 2.00 bits per heavy atom. The second-order valence-electron chi connectivity index (χ2n) is 5.33. The van der Waals surface area contributed by atoms with Crippen molar-refractivity contribution < 1.29 is 14.6 Å². The van der Waals surface area contributed by atoms with Crippen LogP contribution in [0.5, 0.6) is 5.75 Å². The van der Waals surface area contributed by atoms with Crippen molar-refractivity contribution in [3.05, 3.63) is 29.3 Å². The molecule has 0 saturated heterocycles. The molecule has 1 heterocycles. The van der Waals surface area contributed by atoms with Crippen LogP contribution in [0.2, 0.25) is 0 Å². The van der Waals surface area contributed by atoms with Crippen molar-refractivity contribution in [3.8, 4) is 5.75 Å². The number of rotatable bonds is 6. The quantitative estimate of drug-likeness (QED) is 0.876. The first kappa shape index (κ1) is 17.8. The Kier molecular flexibility index (Phi) is 6.99. The molecule has 118 valence electrons. The summed E-state index contributed by atoms with van der Waals surface area (Å²) in [5.74, 6) is -0.0481. The Hall–Kier alpha value is -1.26. The standard InChI is InChI=1S/C16H23NO3.ClH/c1-3-7-17(8-4-2)14-10-13-9-12(16(18)19)5-6-15(13)20-11-14;/h5-6,9,14H,3-4,7-8,10-11H2,1-2H3,(H,18,19);1H. The van der Waals surface area contributed by atoms with Crippen LogP contribution in [0.15, 0.2) is 18.2 Å². The van der Waals surface area contributed by atoms with Crippen LogP contribution in [0.3, 0.4) is 0 Å². The molecule has 2 rings (SSSR count). The maximum atomic E-state index is 11.1. The van der Waals surface area contributed by atoms with E-state index < -0.39 is 5.97 Å². The highest BCUT2D eigenvalue weighted by Gasteiger charge is 2.25. The van der Waals surface area contributed by atoms with E-state index in [1.54, 1.807) is 18.2 Å². The van der Waals surface area contributed by atoms with E-state index >= 15 is 0 Å². The van der Waals surface area contributed by atoms with Crippen LogP contribution in [-0.2, 0) is 6.42 Å². The van der Waals surface area contributed by atoms with E-state index in [1.165, 1.54) is 0 Å². The second kappa shape index (κ2) is 8.25. The normalized spacial score (nSPS) is 16.8. The molecule has 0 saturated carbocycles. The lowest BCUT2D eigenvalue weighted by molar-refractivity contribution is 0.0696. The number of benzene rings is 1. The van der Waals surface area contributed by atoms with Gasteiger partial charge in [-0.05, 0) is 56.1 Å². The Bertz CT molecular complexity index is 473. The van der Waals surface area contributed by atoms with E-state index in [0.29, 0.717) is 18.2 Å². The van der Waals surface area contributed by atoms with Gasteiger partial charge in [0.05, 0.1) is 5.56 Å². The first-order chi connectivity index (χ1) is 9.65. The molecule has 1 aromatic carbocycles. The van der Waals surface area contributed by atoms with Crippen molar-refractivity contribution in [2.75, 3.05) is 19.7 Å². The molecule has 0 aromatic heterocycles. The zero-order valence-electron chi connectivity index (χ0n) is 12.7. The highest BCUT2D eigenvalue weighted by molar-refractivity contribution is 5.88. The van der Waals surface area contributed by atoms with Crippen molar-refractivity contribution in [1.82, 2.24) is 4.90 Å². The van der Waals surface area contributed by atoms with E-state index in [2.05, 4.69) is 18.7 Å². The summed E-state index contributed by atoms with van der Waals surface area (Å²) in [5.41, 5.74) is 1.35. The Morgan fingerprint density at radius 3 is 2.57 bits per heavy atom. The lowest BCUT2D eigenvalue weighted by Crippen LogP contribution is -2.44. The molecular weight excluding hydrogens is 290 g/mol. The topological polar surface area (TPSA) is 49.8 Å². The summed E-state index contributed by atoms with van der Waals surface area (Å²) < 4.78 is 5.81. The fourth-order valence-corrected chi connectivity index (χ4v) is 2.80. The summed E-state index contributed by atoms with van der Waals surface area (Å²) in [7, 11) is 0. The summed E-state index contributed by atoms with van der Waals surface area (Å²) in [4.78, 5) is 13.5. The smallest absolute Gasteiger partial charge is 0.335 e. The van der Waals surface area contributed by atoms with Crippen LogP contribution in [0, 0.1) is 0 Å². The fourth-order valence-electron chi connectivity index (χ4n) is 2.80. The second-order valence-corrected chi connectivity index (χ2v) is 5.33. The van der Waals surface area contributed by atoms with Crippen molar-refractivity contribution in [3.63, 3.8) is 0 Å². The number of hydrogen-bond acceptors (Lipinski definition) is 3. The minimum atomic E-state index is -0.881. The van der Waals surface area contributed by atoms with Gasteiger partial charge in [-0.3, -0.25) is 4.90 Å². The number of hydrogen-bond donors (Lipinski definition) is 1. The number of carboxylic acids is 1. The Labute approximate surface area is 132 Å². The molecular formula is C16H24ClNO3. The number of nitrogens with zero attached hydrogens (tertiary/aromatic N) is 1. The summed E-state index contributed by atoms with van der Waals surface area (Å²) >= 11 is 0. The Balaban J connectivity index is 0.00000220. The molecule has 0 fully saturated rings. The van der Waals surface area contributed by atoms with Gasteiger partial charge in [0, 0.05) is 6.04 Å². The molecule has 1 aromatic rings. The van der Waals surface area contributed by atoms with Gasteiger partial charge in [0.2, 0.25) is 0 Å². The van der Waals surface area contributed by atoms with Gasteiger partial charge in [-0.15, -0.1) is 12.4 Å². The van der Waals surface area contributed by atoms with Gasteiger partial charge in [0.15, 0.2) is 0 Å². The van der Waals surface area contributed by atoms with Gasteiger partial charge in [-0.25, -0.2) is 4.79 Å². The van der Waals surface area contributed by atoms with Gasteiger partial charge in [-0.1, -0.05) is 13.8 Å². The number of ether oxygens (including phenoxy) is 1. The number of carbonyl (C=O) groups is 1. The molecule has 0 aliphatic carbocycles. The first-order valence-corrected chi connectivity index (χ1v) is 7.38. The van der Waals surface area contributed by atoms with Gasteiger partial charge >= 0.3 is 5.97 Å². The first-order valence-electron chi connectivity index (χ1n) is 7.38. The SMILES string of the molecule is CCCN(CCC)C1COc2ccc(C(=O)O)cc2C1.Cl. The van der Waals surface area contributed by atoms with Crippen molar-refractivity contribution in [2.24, 2.45) is 0 Å². The maximum absolute atomic E-state index is 11.1. The zero-order valence-corrected chi connectivity index (χ0v) is 13.5. The van der Waals surface area contributed by atoms with Crippen LogP contribution in [0.4, 0.5) is 0 Å². The summed E-state index contributed by atoms with van der Waals surface area (Å²) in [5, 5.41) is 9.08. The minimum Gasteiger partial charge on any atom is -0.492 e. The van der Waals surface area contributed by atoms with Crippen molar-refractivity contribution >= 4 is 18.4 Å². The average molecular weight is 314 g/mol. The van der Waals surface area contributed by atoms with Crippen LogP contribution in [-0.4, -0.2) is 41.7 Å². The number of aromatic carboxylic acids is 1. The van der Waals surface area contributed by atoms with Crippen LogP contribution < -0.4 is 4.74 Å². The summed E-state index contributed by atoms with van der Waals surface area (Å²) in [6.45, 7) is 7.19. The predicted molar refractivity (Wildman–Crippen MR) is 85.8 cm³/mol. The largest absolute Gasteiger partial charge is 0.492 e. The highest BCUT2D eigenvalue weighted by Crippen LogP contribution is 2.27. The number of halogens is 1. The van der Waals surface area contributed by atoms with Crippen molar-refractivity contribution in [2.45, 2.75) is 39.2 Å². The molecule has 1 unspecified atom stereocenters. The number of fused-ring (bicyclic) bond motifs is 1. The number of carboxylic acid groups (broad SMARTS) is 1. The van der Waals surface area contributed by atoms with E-state index in [4.69, 9.17) is 9.84 Å². The average Bonchev–Trinajstić information content (AvgIpc) is 2.45. The van der Waals surface area contributed by atoms with E-state index in [1.807, 2.05) is 0 Å². The highest BCUT2D eigenvalue weighted by atomic mass is 35.5. The maximum Gasteiger partial charge on any atom is 0.335 e. The molecule has 1 atom stereocenters. The third kappa shape index (κ3) is 4.35. The molecule has 0 radical (unpaired) electrons. The van der Waals surface area contributed by atoms with Crippen LogP contribution in [0.25, 0.3) is 0 Å². The van der Waals surface area contributed by atoms with Crippen molar-refractivity contribution in [1.29, 1.82) is 0 Å². The van der Waals surface area contributed by atoms with E-state index in [0.717, 1.165) is 43.7 Å². The molecule has 1 N–H and O–H groups in total. The lowest BCUT2D eigenvalue weighted by atomic mass is 9.99. The van der Waals surface area contributed by atoms with Gasteiger partial charge in [0.25, 0.3) is 0 Å². The fraction of sp³-hybridized carbons (Fsp3) is 0.562. The van der Waals surface area contributed by atoms with Gasteiger partial charge < -0.3 is 9.84 Å². The van der Waals surface area contributed by atoms with E-state index in [9.17, 15) is 4.79 Å². The van der Waals surface area contributed by atoms with E-state index in [-0.39, 0.29) is 12.4 Å². The van der Waals surface area contributed by atoms with Crippen LogP contribution >= 0.6 is 12.4 Å². The molecule has 21 heavy (non-hydrogen) atoms. The van der Waals surface area contributed by atoms with Crippen LogP contribution in [0.1, 0.15) is 42.6 Å². The molecule has 1 aliphatic heterocycles. The molecule has 0 spiro atoms. The predicted octanol–water partition coefficient (Wildman–Crippen LogP) is 3.23. The molecule has 0 amide bonds. The van der Waals surface area contributed by atoms with Gasteiger partial charge in [-0.2, -0.15) is 0 Å². The monoisotopic (exact) mass is 313 g/mol. The molecule has 4 nitrogen and oxygen atoms in total. The molecule has 0 bridgehead atoms. The molecule has 1 aliphatic rings.